The largest absolute Gasteiger partial charge is 0.232 e. The fraction of sp³-hybridized carbons (Fsp3) is 0.333. The monoisotopic (exact) mass is 356 g/mol. The minimum Gasteiger partial charge on any atom is -0.232 e. The predicted molar refractivity (Wildman–Crippen MR) is 83.4 cm³/mol. The lowest BCUT2D eigenvalue weighted by molar-refractivity contribution is 0.618. The van der Waals surface area contributed by atoms with Crippen LogP contribution in [0.15, 0.2) is 22.7 Å². The number of nitrogens with zero attached hydrogens (tertiary/aromatic N) is 2. The molecule has 0 bridgehead atoms. The van der Waals surface area contributed by atoms with E-state index in [0.717, 1.165) is 12.1 Å². The Morgan fingerprint density at radius 3 is 2.60 bits per heavy atom. The molecule has 0 spiro atoms. The van der Waals surface area contributed by atoms with Crippen LogP contribution in [0.25, 0.3) is 11.4 Å². The first kappa shape index (κ1) is 15.4. The molecule has 0 N–H and O–H groups in total. The van der Waals surface area contributed by atoms with Gasteiger partial charge in [-0.15, -0.1) is 0 Å². The molecule has 2 rings (SSSR count). The fourth-order valence-corrected chi connectivity index (χ4v) is 2.37. The normalized spacial score (nSPS) is 11.2. The summed E-state index contributed by atoms with van der Waals surface area (Å²) in [7, 11) is 0. The van der Waals surface area contributed by atoms with Crippen LogP contribution in [-0.2, 0) is 6.42 Å². The average molecular weight is 358 g/mol. The van der Waals surface area contributed by atoms with E-state index in [1.165, 1.54) is 6.07 Å². The number of aryl methyl sites for hydroxylation is 1. The number of aromatic nitrogens is 2. The summed E-state index contributed by atoms with van der Waals surface area (Å²) in [5, 5.41) is 0.353. The number of hydrogen-bond donors (Lipinski definition) is 0. The molecule has 1 aromatic carbocycles. The highest BCUT2D eigenvalue weighted by Crippen LogP contribution is 2.29. The molecule has 0 saturated heterocycles. The van der Waals surface area contributed by atoms with Crippen molar-refractivity contribution in [3.63, 3.8) is 0 Å². The Morgan fingerprint density at radius 1 is 1.30 bits per heavy atom. The van der Waals surface area contributed by atoms with E-state index in [1.807, 2.05) is 0 Å². The van der Waals surface area contributed by atoms with Gasteiger partial charge in [-0.3, -0.25) is 0 Å². The molecule has 2 nitrogen and oxygen atoms in total. The molecule has 0 atom stereocenters. The molecule has 5 heteroatoms. The van der Waals surface area contributed by atoms with Crippen molar-refractivity contribution in [2.24, 2.45) is 5.92 Å². The van der Waals surface area contributed by atoms with E-state index in [9.17, 15) is 4.39 Å². The van der Waals surface area contributed by atoms with Gasteiger partial charge in [-0.1, -0.05) is 37.6 Å². The molecule has 0 unspecified atom stereocenters. The van der Waals surface area contributed by atoms with Gasteiger partial charge in [0.15, 0.2) is 5.82 Å². The van der Waals surface area contributed by atoms with Gasteiger partial charge in [0.1, 0.15) is 11.0 Å². The Kier molecular flexibility index (Phi) is 4.76. The highest BCUT2D eigenvalue weighted by molar-refractivity contribution is 9.10. The summed E-state index contributed by atoms with van der Waals surface area (Å²) in [6.07, 6.45) is 0.782. The minimum absolute atomic E-state index is 0.268. The Labute approximate surface area is 131 Å². The molecule has 0 aliphatic rings. The summed E-state index contributed by atoms with van der Waals surface area (Å²) in [4.78, 5) is 8.73. The number of halogens is 3. The van der Waals surface area contributed by atoms with E-state index >= 15 is 0 Å². The Balaban J connectivity index is 2.51. The quantitative estimate of drug-likeness (QED) is 0.705. The van der Waals surface area contributed by atoms with Crippen molar-refractivity contribution in [1.82, 2.24) is 9.97 Å². The molecule has 2 aromatic rings. The molecule has 20 heavy (non-hydrogen) atoms. The van der Waals surface area contributed by atoms with E-state index in [0.29, 0.717) is 32.5 Å². The van der Waals surface area contributed by atoms with Crippen LogP contribution in [-0.4, -0.2) is 9.97 Å². The molecule has 0 fully saturated rings. The molecule has 0 amide bonds. The maximum Gasteiger partial charge on any atom is 0.161 e. The summed E-state index contributed by atoms with van der Waals surface area (Å²) in [6.45, 7) is 5.93. The first-order valence-corrected chi connectivity index (χ1v) is 7.54. The second-order valence-electron chi connectivity index (χ2n) is 5.16. The molecule has 1 heterocycles. The van der Waals surface area contributed by atoms with Gasteiger partial charge in [0.2, 0.25) is 0 Å². The molecular formula is C15H15BrClFN2. The van der Waals surface area contributed by atoms with Crippen LogP contribution in [0.1, 0.15) is 25.1 Å². The number of rotatable bonds is 3. The van der Waals surface area contributed by atoms with E-state index in [-0.39, 0.29) is 5.82 Å². The van der Waals surface area contributed by atoms with Gasteiger partial charge in [0.05, 0.1) is 10.2 Å². The lowest BCUT2D eigenvalue weighted by atomic mass is 10.1. The molecule has 0 aliphatic heterocycles. The van der Waals surface area contributed by atoms with Crippen LogP contribution in [0.2, 0.25) is 5.15 Å². The third kappa shape index (κ3) is 3.36. The summed E-state index contributed by atoms with van der Waals surface area (Å²) >= 11 is 9.54. The maximum atomic E-state index is 13.7. The minimum atomic E-state index is -0.268. The Morgan fingerprint density at radius 2 is 2.00 bits per heavy atom. The molecule has 1 aromatic heterocycles. The molecule has 0 aliphatic carbocycles. The predicted octanol–water partition coefficient (Wildman–Crippen LogP) is 5.21. The van der Waals surface area contributed by atoms with E-state index in [2.05, 4.69) is 39.7 Å². The van der Waals surface area contributed by atoms with Crippen molar-refractivity contribution < 1.29 is 4.39 Å². The Bertz CT molecular complexity index is 644. The smallest absolute Gasteiger partial charge is 0.161 e. The third-order valence-corrected chi connectivity index (χ3v) is 4.25. The van der Waals surface area contributed by atoms with Crippen LogP contribution >= 0.6 is 27.5 Å². The summed E-state index contributed by atoms with van der Waals surface area (Å²) in [5.74, 6) is 0.628. The van der Waals surface area contributed by atoms with Crippen LogP contribution in [0.3, 0.4) is 0 Å². The highest BCUT2D eigenvalue weighted by atomic mass is 79.9. The van der Waals surface area contributed by atoms with Crippen LogP contribution in [0.5, 0.6) is 0 Å². The van der Waals surface area contributed by atoms with Gasteiger partial charge < -0.3 is 0 Å². The van der Waals surface area contributed by atoms with Crippen molar-refractivity contribution in [2.45, 2.75) is 27.2 Å². The summed E-state index contributed by atoms with van der Waals surface area (Å²) in [5.41, 5.74) is 2.07. The molecule has 0 saturated carbocycles. The SMILES string of the molecule is Cc1ccc(-c2nc(Cl)c(Br)c(CC(C)C)n2)cc1F. The number of benzene rings is 1. The average Bonchev–Trinajstić information content (AvgIpc) is 2.37. The van der Waals surface area contributed by atoms with Crippen molar-refractivity contribution in [1.29, 1.82) is 0 Å². The zero-order valence-corrected chi connectivity index (χ0v) is 13.9. The first-order valence-electron chi connectivity index (χ1n) is 6.37. The lowest BCUT2D eigenvalue weighted by Gasteiger charge is -2.10. The van der Waals surface area contributed by atoms with Gasteiger partial charge in [0, 0.05) is 5.56 Å². The first-order chi connectivity index (χ1) is 9.38. The van der Waals surface area contributed by atoms with E-state index in [1.54, 1.807) is 19.1 Å². The van der Waals surface area contributed by atoms with Crippen LogP contribution < -0.4 is 0 Å². The van der Waals surface area contributed by atoms with Gasteiger partial charge in [-0.25, -0.2) is 14.4 Å². The van der Waals surface area contributed by atoms with Crippen LogP contribution in [0.4, 0.5) is 4.39 Å². The Hall–Kier alpha value is -1.00. The molecule has 106 valence electrons. The van der Waals surface area contributed by atoms with E-state index in [4.69, 9.17) is 11.6 Å². The van der Waals surface area contributed by atoms with Crippen molar-refractivity contribution >= 4 is 27.5 Å². The van der Waals surface area contributed by atoms with Gasteiger partial charge in [0.25, 0.3) is 0 Å². The zero-order chi connectivity index (χ0) is 14.9. The van der Waals surface area contributed by atoms with Crippen molar-refractivity contribution in [3.8, 4) is 11.4 Å². The number of hydrogen-bond acceptors (Lipinski definition) is 2. The van der Waals surface area contributed by atoms with Crippen LogP contribution in [0, 0.1) is 18.7 Å². The second-order valence-corrected chi connectivity index (χ2v) is 6.31. The van der Waals surface area contributed by atoms with Crippen molar-refractivity contribution in [2.75, 3.05) is 0 Å². The summed E-state index contributed by atoms with van der Waals surface area (Å²) < 4.78 is 14.4. The second kappa shape index (κ2) is 6.19. The zero-order valence-electron chi connectivity index (χ0n) is 11.5. The fourth-order valence-electron chi connectivity index (χ4n) is 1.85. The third-order valence-electron chi connectivity index (χ3n) is 2.91. The van der Waals surface area contributed by atoms with Gasteiger partial charge >= 0.3 is 0 Å². The lowest BCUT2D eigenvalue weighted by Crippen LogP contribution is -2.03. The standard InChI is InChI=1S/C15H15BrClFN2/c1-8(2)6-12-13(16)14(17)20-15(19-12)10-5-4-9(3)11(18)7-10/h4-5,7-8H,6H2,1-3H3. The van der Waals surface area contributed by atoms with Gasteiger partial charge in [-0.2, -0.15) is 0 Å². The van der Waals surface area contributed by atoms with Gasteiger partial charge in [-0.05, 0) is 46.8 Å². The topological polar surface area (TPSA) is 25.8 Å². The maximum absolute atomic E-state index is 13.7. The highest BCUT2D eigenvalue weighted by Gasteiger charge is 2.14. The summed E-state index contributed by atoms with van der Waals surface area (Å²) in [6, 6.07) is 4.96. The van der Waals surface area contributed by atoms with E-state index < -0.39 is 0 Å². The van der Waals surface area contributed by atoms with Crippen molar-refractivity contribution in [3.05, 3.63) is 44.9 Å². The molecule has 0 radical (unpaired) electrons. The molecular weight excluding hydrogens is 343 g/mol.